The monoisotopic (exact) mass is 302 g/mol. The molecule has 0 aliphatic carbocycles. The lowest BCUT2D eigenvalue weighted by Gasteiger charge is -2.14. The maximum absolute atomic E-state index is 5.45. The van der Waals surface area contributed by atoms with Crippen LogP contribution >= 0.6 is 0 Å². The van der Waals surface area contributed by atoms with Crippen LogP contribution in [0.5, 0.6) is 0 Å². The van der Waals surface area contributed by atoms with Gasteiger partial charge in [-0.15, -0.1) is 0 Å². The van der Waals surface area contributed by atoms with E-state index < -0.39 is 0 Å². The van der Waals surface area contributed by atoms with Crippen LogP contribution in [0.1, 0.15) is 18.1 Å². The van der Waals surface area contributed by atoms with Crippen molar-refractivity contribution in [3.63, 3.8) is 0 Å². The maximum atomic E-state index is 5.45. The second kappa shape index (κ2) is 9.70. The Morgan fingerprint density at radius 3 is 1.95 bits per heavy atom. The molecule has 0 fully saturated rings. The summed E-state index contributed by atoms with van der Waals surface area (Å²) >= 11 is 0. The number of anilines is 2. The molecule has 0 unspecified atom stereocenters. The Labute approximate surface area is 132 Å². The molecule has 0 atom stereocenters. The van der Waals surface area contributed by atoms with Crippen LogP contribution in [0.25, 0.3) is 0 Å². The van der Waals surface area contributed by atoms with Crippen LogP contribution < -0.4 is 21.7 Å². The van der Waals surface area contributed by atoms with Gasteiger partial charge in [0.1, 0.15) is 11.6 Å². The Kier molecular flexibility index (Phi) is 7.88. The van der Waals surface area contributed by atoms with Gasteiger partial charge in [0.15, 0.2) is 0 Å². The van der Waals surface area contributed by atoms with Crippen molar-refractivity contribution in [3.8, 4) is 0 Å². The van der Waals surface area contributed by atoms with Crippen molar-refractivity contribution in [3.05, 3.63) is 47.8 Å². The zero-order valence-electron chi connectivity index (χ0n) is 13.6. The normalized spacial score (nSPS) is 9.68. The largest absolute Gasteiger partial charge is 0.373 e. The van der Waals surface area contributed by atoms with Gasteiger partial charge in [0, 0.05) is 46.1 Å². The number of nitrogens with two attached hydrogens (primary N) is 2. The van der Waals surface area contributed by atoms with Crippen LogP contribution in [0.15, 0.2) is 36.7 Å². The first kappa shape index (κ1) is 17.9. The topological polar surface area (TPSA) is 93.1 Å². The van der Waals surface area contributed by atoms with Crippen LogP contribution in [-0.2, 0) is 13.1 Å². The summed E-state index contributed by atoms with van der Waals surface area (Å²) in [7, 11) is 3.86. The van der Waals surface area contributed by atoms with Crippen LogP contribution in [0.2, 0.25) is 0 Å². The van der Waals surface area contributed by atoms with Gasteiger partial charge in [-0.2, -0.15) is 0 Å². The summed E-state index contributed by atoms with van der Waals surface area (Å²) in [6, 6.07) is 7.86. The van der Waals surface area contributed by atoms with Gasteiger partial charge in [-0.25, -0.2) is 9.97 Å². The summed E-state index contributed by atoms with van der Waals surface area (Å²) in [6.45, 7) is 4.17. The number of pyridine rings is 2. The minimum Gasteiger partial charge on any atom is -0.373 e. The molecule has 2 rings (SSSR count). The first-order valence-corrected chi connectivity index (χ1v) is 7.33. The summed E-state index contributed by atoms with van der Waals surface area (Å²) in [5.74, 6) is 1.87. The lowest BCUT2D eigenvalue weighted by atomic mass is 10.3. The highest BCUT2D eigenvalue weighted by molar-refractivity contribution is 5.37. The smallest absolute Gasteiger partial charge is 0.128 e. The number of nitrogens with one attached hydrogen (secondary N) is 1. The molecule has 0 aliphatic rings. The standard InChI is InChI=1S/C9H15N3.C7H11N3/c1-3-12(2)9-5-4-8(6-10)7-11-9;1-9-7-3-2-6(4-8)5-10-7/h4-5,7H,3,6,10H2,1-2H3;2-3,5H,4,8H2,1H3,(H,9,10). The zero-order chi connectivity index (χ0) is 16.4. The molecule has 2 aromatic rings. The molecule has 0 saturated carbocycles. The first-order chi connectivity index (χ1) is 10.6. The van der Waals surface area contributed by atoms with Crippen molar-refractivity contribution < 1.29 is 0 Å². The van der Waals surface area contributed by atoms with Crippen molar-refractivity contribution in [1.82, 2.24) is 9.97 Å². The highest BCUT2D eigenvalue weighted by Gasteiger charge is 1.97. The summed E-state index contributed by atoms with van der Waals surface area (Å²) < 4.78 is 0. The fourth-order valence-corrected chi connectivity index (χ4v) is 1.62. The third kappa shape index (κ3) is 5.67. The Hall–Kier alpha value is -2.18. The molecular formula is C16H26N6. The van der Waals surface area contributed by atoms with Gasteiger partial charge in [-0.1, -0.05) is 12.1 Å². The van der Waals surface area contributed by atoms with E-state index in [1.165, 1.54) is 0 Å². The van der Waals surface area contributed by atoms with Gasteiger partial charge in [-0.3, -0.25) is 0 Å². The number of nitrogens with zero attached hydrogens (tertiary/aromatic N) is 3. The van der Waals surface area contributed by atoms with Gasteiger partial charge >= 0.3 is 0 Å². The lowest BCUT2D eigenvalue weighted by molar-refractivity contribution is 0.930. The minimum absolute atomic E-state index is 0.553. The molecule has 0 bridgehead atoms. The zero-order valence-corrected chi connectivity index (χ0v) is 13.6. The molecule has 6 heteroatoms. The van der Waals surface area contributed by atoms with Crippen molar-refractivity contribution in [1.29, 1.82) is 0 Å². The van der Waals surface area contributed by atoms with E-state index in [1.54, 1.807) is 6.20 Å². The number of hydrogen-bond donors (Lipinski definition) is 3. The van der Waals surface area contributed by atoms with E-state index >= 15 is 0 Å². The molecule has 6 nitrogen and oxygen atoms in total. The van der Waals surface area contributed by atoms with Gasteiger partial charge < -0.3 is 21.7 Å². The Balaban J connectivity index is 0.000000224. The molecule has 0 spiro atoms. The number of rotatable bonds is 5. The van der Waals surface area contributed by atoms with E-state index in [4.69, 9.17) is 11.5 Å². The molecule has 0 saturated heterocycles. The molecule has 22 heavy (non-hydrogen) atoms. The average molecular weight is 302 g/mol. The third-order valence-corrected chi connectivity index (χ3v) is 3.23. The number of aromatic nitrogens is 2. The SMILES string of the molecule is CCN(C)c1ccc(CN)cn1.CNc1ccc(CN)cn1. The van der Waals surface area contributed by atoms with E-state index in [2.05, 4.69) is 27.1 Å². The molecule has 120 valence electrons. The first-order valence-electron chi connectivity index (χ1n) is 7.33. The maximum Gasteiger partial charge on any atom is 0.128 e. The summed E-state index contributed by atoms with van der Waals surface area (Å²) in [4.78, 5) is 10.4. The Morgan fingerprint density at radius 2 is 1.59 bits per heavy atom. The quantitative estimate of drug-likeness (QED) is 0.776. The van der Waals surface area contributed by atoms with Gasteiger partial charge in [0.2, 0.25) is 0 Å². The van der Waals surface area contributed by atoms with Gasteiger partial charge in [0.05, 0.1) is 0 Å². The summed E-state index contributed by atoms with van der Waals surface area (Å²) in [5.41, 5.74) is 13.0. The van der Waals surface area contributed by atoms with Crippen LogP contribution in [0.3, 0.4) is 0 Å². The van der Waals surface area contributed by atoms with E-state index in [0.717, 1.165) is 29.3 Å². The molecular weight excluding hydrogens is 276 g/mol. The molecule has 0 aliphatic heterocycles. The van der Waals surface area contributed by atoms with E-state index in [9.17, 15) is 0 Å². The van der Waals surface area contributed by atoms with E-state index in [1.807, 2.05) is 44.6 Å². The predicted octanol–water partition coefficient (Wildman–Crippen LogP) is 1.58. The highest BCUT2D eigenvalue weighted by atomic mass is 15.1. The summed E-state index contributed by atoms with van der Waals surface area (Å²) in [6.07, 6.45) is 3.59. The second-order valence-electron chi connectivity index (χ2n) is 4.75. The fraction of sp³-hybridized carbons (Fsp3) is 0.375. The lowest BCUT2D eigenvalue weighted by Crippen LogP contribution is -2.17. The average Bonchev–Trinajstić information content (AvgIpc) is 2.61. The van der Waals surface area contributed by atoms with Crippen molar-refractivity contribution >= 4 is 11.6 Å². The molecule has 2 aromatic heterocycles. The molecule has 5 N–H and O–H groups in total. The predicted molar refractivity (Wildman–Crippen MR) is 92.7 cm³/mol. The van der Waals surface area contributed by atoms with Crippen molar-refractivity contribution in [2.24, 2.45) is 11.5 Å². The van der Waals surface area contributed by atoms with Gasteiger partial charge in [0.25, 0.3) is 0 Å². The third-order valence-electron chi connectivity index (χ3n) is 3.23. The van der Waals surface area contributed by atoms with Gasteiger partial charge in [-0.05, 0) is 30.2 Å². The van der Waals surface area contributed by atoms with E-state index in [-0.39, 0.29) is 0 Å². The second-order valence-corrected chi connectivity index (χ2v) is 4.75. The van der Waals surface area contributed by atoms with Crippen molar-refractivity contribution in [2.45, 2.75) is 20.0 Å². The van der Waals surface area contributed by atoms with Crippen LogP contribution in [-0.4, -0.2) is 30.6 Å². The van der Waals surface area contributed by atoms with Crippen LogP contribution in [0.4, 0.5) is 11.6 Å². The van der Waals surface area contributed by atoms with E-state index in [0.29, 0.717) is 13.1 Å². The summed E-state index contributed by atoms with van der Waals surface area (Å²) in [5, 5.41) is 2.93. The molecule has 0 radical (unpaired) electrons. The minimum atomic E-state index is 0.553. The number of hydrogen-bond acceptors (Lipinski definition) is 6. The molecule has 2 heterocycles. The van der Waals surface area contributed by atoms with Crippen molar-refractivity contribution in [2.75, 3.05) is 30.9 Å². The molecule has 0 amide bonds. The molecule has 0 aromatic carbocycles. The highest BCUT2D eigenvalue weighted by Crippen LogP contribution is 2.08. The Morgan fingerprint density at radius 1 is 1.00 bits per heavy atom. The fourth-order valence-electron chi connectivity index (χ4n) is 1.62. The Bertz CT molecular complexity index is 500. The van der Waals surface area contributed by atoms with Crippen LogP contribution in [0, 0.1) is 0 Å².